The van der Waals surface area contributed by atoms with Crippen molar-refractivity contribution in [3.05, 3.63) is 11.6 Å². The molecule has 0 saturated carbocycles. The van der Waals surface area contributed by atoms with Gasteiger partial charge in [0.25, 0.3) is 0 Å². The molecule has 1 N–H and O–H groups in total. The van der Waals surface area contributed by atoms with E-state index in [9.17, 15) is 4.79 Å². The van der Waals surface area contributed by atoms with Crippen LogP contribution in [0.15, 0.2) is 11.6 Å². The van der Waals surface area contributed by atoms with Crippen molar-refractivity contribution < 1.29 is 9.90 Å². The molecule has 82 valence electrons. The van der Waals surface area contributed by atoms with E-state index >= 15 is 0 Å². The van der Waals surface area contributed by atoms with Gasteiger partial charge in [-0.1, -0.05) is 18.2 Å². The van der Waals surface area contributed by atoms with E-state index in [0.29, 0.717) is 24.0 Å². The molecule has 0 atom stereocenters. The van der Waals surface area contributed by atoms with E-state index in [2.05, 4.69) is 25.3 Å². The van der Waals surface area contributed by atoms with Crippen LogP contribution in [0.5, 0.6) is 0 Å². The van der Waals surface area contributed by atoms with Crippen molar-refractivity contribution in [3.8, 4) is 0 Å². The van der Waals surface area contributed by atoms with Crippen molar-refractivity contribution in [1.29, 1.82) is 0 Å². The van der Waals surface area contributed by atoms with Gasteiger partial charge in [0.1, 0.15) is 0 Å². The first-order valence-corrected chi connectivity index (χ1v) is 5.10. The van der Waals surface area contributed by atoms with Crippen molar-refractivity contribution in [2.24, 2.45) is 0 Å². The lowest BCUT2D eigenvalue weighted by atomic mass is 10.2. The molecule has 0 rings (SSSR count). The molecular formula is C10H18ClNO2. The Morgan fingerprint density at radius 2 is 2.14 bits per heavy atom. The lowest BCUT2D eigenvalue weighted by molar-refractivity contribution is -0.137. The van der Waals surface area contributed by atoms with Crippen LogP contribution in [0, 0.1) is 0 Å². The summed E-state index contributed by atoms with van der Waals surface area (Å²) in [6, 6.07) is 0.360. The molecule has 0 radical (unpaired) electrons. The maximum atomic E-state index is 10.3. The monoisotopic (exact) mass is 219 g/mol. The number of carboxylic acid groups (broad SMARTS) is 1. The average Bonchev–Trinajstić information content (AvgIpc) is 2.00. The van der Waals surface area contributed by atoms with Crippen LogP contribution in [0.1, 0.15) is 26.7 Å². The fourth-order valence-electron chi connectivity index (χ4n) is 1.17. The Kier molecular flexibility index (Phi) is 6.58. The fraction of sp³-hybridized carbons (Fsp3) is 0.700. The number of hydrogen-bond donors (Lipinski definition) is 1. The number of carbonyl (C=O) groups is 1. The Morgan fingerprint density at radius 1 is 1.57 bits per heavy atom. The Bertz CT molecular complexity index is 204. The van der Waals surface area contributed by atoms with Crippen LogP contribution in [0.25, 0.3) is 0 Å². The molecule has 0 spiro atoms. The molecule has 0 aromatic heterocycles. The molecule has 0 heterocycles. The molecule has 0 aliphatic carbocycles. The van der Waals surface area contributed by atoms with Crippen molar-refractivity contribution in [2.75, 3.05) is 13.1 Å². The van der Waals surface area contributed by atoms with E-state index in [4.69, 9.17) is 16.7 Å². The largest absolute Gasteiger partial charge is 0.481 e. The van der Waals surface area contributed by atoms with Gasteiger partial charge in [-0.05, 0) is 26.8 Å². The van der Waals surface area contributed by atoms with Gasteiger partial charge in [-0.25, -0.2) is 0 Å². The van der Waals surface area contributed by atoms with Crippen molar-refractivity contribution in [2.45, 2.75) is 32.7 Å². The van der Waals surface area contributed by atoms with Crippen LogP contribution in [0.3, 0.4) is 0 Å². The molecule has 0 aromatic rings. The second-order valence-corrected chi connectivity index (χ2v) is 4.11. The minimum Gasteiger partial charge on any atom is -0.481 e. The molecule has 3 nitrogen and oxygen atoms in total. The molecule has 14 heavy (non-hydrogen) atoms. The number of nitrogens with zero attached hydrogens (tertiary/aromatic N) is 1. The smallest absolute Gasteiger partial charge is 0.303 e. The zero-order valence-corrected chi connectivity index (χ0v) is 9.55. The summed E-state index contributed by atoms with van der Waals surface area (Å²) < 4.78 is 0. The fourth-order valence-corrected chi connectivity index (χ4v) is 1.33. The third-order valence-electron chi connectivity index (χ3n) is 1.94. The first-order valence-electron chi connectivity index (χ1n) is 4.72. The van der Waals surface area contributed by atoms with Gasteiger partial charge in [-0.2, -0.15) is 0 Å². The highest BCUT2D eigenvalue weighted by Crippen LogP contribution is 2.07. The SMILES string of the molecule is C=C(Cl)CN(CCCC(=O)O)C(C)C. The second-order valence-electron chi connectivity index (χ2n) is 3.58. The zero-order valence-electron chi connectivity index (χ0n) is 8.79. The summed E-state index contributed by atoms with van der Waals surface area (Å²) in [5, 5.41) is 9.08. The molecule has 0 fully saturated rings. The van der Waals surface area contributed by atoms with Crippen molar-refractivity contribution >= 4 is 17.6 Å². The summed E-state index contributed by atoms with van der Waals surface area (Å²) >= 11 is 5.71. The van der Waals surface area contributed by atoms with Crippen LogP contribution in [-0.4, -0.2) is 35.1 Å². The molecule has 0 aromatic carbocycles. The lowest BCUT2D eigenvalue weighted by Gasteiger charge is -2.25. The third-order valence-corrected chi connectivity index (χ3v) is 2.06. The highest BCUT2D eigenvalue weighted by atomic mass is 35.5. The van der Waals surface area contributed by atoms with Gasteiger partial charge < -0.3 is 5.11 Å². The minimum absolute atomic E-state index is 0.206. The van der Waals surface area contributed by atoms with Gasteiger partial charge in [0.05, 0.1) is 0 Å². The topological polar surface area (TPSA) is 40.5 Å². The Labute approximate surface area is 90.4 Å². The van der Waals surface area contributed by atoms with Gasteiger partial charge in [0.15, 0.2) is 0 Å². The predicted molar refractivity (Wildman–Crippen MR) is 58.6 cm³/mol. The van der Waals surface area contributed by atoms with Gasteiger partial charge in [0, 0.05) is 24.0 Å². The molecule has 0 unspecified atom stereocenters. The first-order chi connectivity index (χ1) is 6.43. The van der Waals surface area contributed by atoms with Crippen LogP contribution < -0.4 is 0 Å². The Balaban J connectivity index is 3.85. The van der Waals surface area contributed by atoms with E-state index in [0.717, 1.165) is 6.54 Å². The van der Waals surface area contributed by atoms with E-state index in [1.807, 2.05) is 0 Å². The predicted octanol–water partition coefficient (Wildman–Crippen LogP) is 2.31. The minimum atomic E-state index is -0.751. The molecule has 0 amide bonds. The van der Waals surface area contributed by atoms with Crippen LogP contribution in [0.4, 0.5) is 0 Å². The molecular weight excluding hydrogens is 202 g/mol. The molecule has 0 aliphatic rings. The quantitative estimate of drug-likeness (QED) is 0.715. The van der Waals surface area contributed by atoms with Crippen LogP contribution in [-0.2, 0) is 4.79 Å². The molecule has 0 bridgehead atoms. The summed E-state index contributed by atoms with van der Waals surface area (Å²) in [6.45, 7) is 9.11. The molecule has 0 aliphatic heterocycles. The molecule has 0 saturated heterocycles. The van der Waals surface area contributed by atoms with E-state index in [1.54, 1.807) is 0 Å². The lowest BCUT2D eigenvalue weighted by Crippen LogP contribution is -2.33. The Hall–Kier alpha value is -0.540. The van der Waals surface area contributed by atoms with Crippen molar-refractivity contribution in [3.63, 3.8) is 0 Å². The maximum Gasteiger partial charge on any atom is 0.303 e. The number of rotatable bonds is 7. The molecule has 4 heteroatoms. The highest BCUT2D eigenvalue weighted by Gasteiger charge is 2.10. The van der Waals surface area contributed by atoms with Crippen molar-refractivity contribution in [1.82, 2.24) is 4.90 Å². The third kappa shape index (κ3) is 6.92. The van der Waals surface area contributed by atoms with Gasteiger partial charge >= 0.3 is 5.97 Å². The second kappa shape index (κ2) is 6.85. The summed E-state index contributed by atoms with van der Waals surface area (Å²) in [5.74, 6) is -0.751. The summed E-state index contributed by atoms with van der Waals surface area (Å²) in [4.78, 5) is 12.4. The Morgan fingerprint density at radius 3 is 2.50 bits per heavy atom. The zero-order chi connectivity index (χ0) is 11.1. The number of hydrogen-bond acceptors (Lipinski definition) is 2. The van der Waals surface area contributed by atoms with Gasteiger partial charge in [-0.3, -0.25) is 9.69 Å². The van der Waals surface area contributed by atoms with Gasteiger partial charge in [0.2, 0.25) is 0 Å². The van der Waals surface area contributed by atoms with E-state index in [-0.39, 0.29) is 6.42 Å². The van der Waals surface area contributed by atoms with E-state index < -0.39 is 5.97 Å². The van der Waals surface area contributed by atoms with E-state index in [1.165, 1.54) is 0 Å². The first kappa shape index (κ1) is 13.5. The van der Waals surface area contributed by atoms with Gasteiger partial charge in [-0.15, -0.1) is 0 Å². The number of carboxylic acids is 1. The summed E-state index contributed by atoms with van der Waals surface area (Å²) in [7, 11) is 0. The van der Waals surface area contributed by atoms with Crippen LogP contribution >= 0.6 is 11.6 Å². The normalized spacial score (nSPS) is 10.9. The summed E-state index contributed by atoms with van der Waals surface area (Å²) in [6.07, 6.45) is 0.857. The summed E-state index contributed by atoms with van der Waals surface area (Å²) in [5.41, 5.74) is 0. The standard InChI is InChI=1S/C10H18ClNO2/c1-8(2)12(7-9(3)11)6-4-5-10(13)14/h8H,3-7H2,1-2H3,(H,13,14). The number of halogens is 1. The number of aliphatic carboxylic acids is 1. The average molecular weight is 220 g/mol. The maximum absolute atomic E-state index is 10.3. The highest BCUT2D eigenvalue weighted by molar-refractivity contribution is 6.29. The van der Waals surface area contributed by atoms with Crippen LogP contribution in [0.2, 0.25) is 0 Å².